The van der Waals surface area contributed by atoms with Gasteiger partial charge in [-0.05, 0) is 38.5 Å². The van der Waals surface area contributed by atoms with Crippen LogP contribution in [0, 0.1) is 0 Å². The third-order valence-corrected chi connectivity index (χ3v) is 3.59. The molecule has 23 heavy (non-hydrogen) atoms. The number of nitrogens with two attached hydrogens (primary N) is 1. The Morgan fingerprint density at radius 3 is 2.30 bits per heavy atom. The van der Waals surface area contributed by atoms with Crippen molar-refractivity contribution in [2.24, 2.45) is 5.73 Å². The standard InChI is InChI=1S/C16H23ClN2O4/c1-15(2,3)23-14(22)19-11-8-9(17)6-7-10(11)16(4,5)12(18)13(20)21/h6-8,12H,18H2,1-5H3,(H,19,22)(H,20,21). The molecule has 0 aromatic heterocycles. The van der Waals surface area contributed by atoms with E-state index in [2.05, 4.69) is 5.32 Å². The average molecular weight is 343 g/mol. The van der Waals surface area contributed by atoms with E-state index in [4.69, 9.17) is 22.1 Å². The van der Waals surface area contributed by atoms with Gasteiger partial charge in [0.15, 0.2) is 0 Å². The zero-order valence-electron chi connectivity index (χ0n) is 13.9. The van der Waals surface area contributed by atoms with E-state index in [1.165, 1.54) is 6.07 Å². The third kappa shape index (κ3) is 5.11. The second-order valence-corrected chi connectivity index (χ2v) is 7.29. The van der Waals surface area contributed by atoms with Crippen LogP contribution in [0.1, 0.15) is 40.2 Å². The fourth-order valence-electron chi connectivity index (χ4n) is 2.07. The summed E-state index contributed by atoms with van der Waals surface area (Å²) in [5.41, 5.74) is 5.13. The second-order valence-electron chi connectivity index (χ2n) is 6.85. The molecule has 0 radical (unpaired) electrons. The highest BCUT2D eigenvalue weighted by molar-refractivity contribution is 6.31. The molecule has 0 saturated heterocycles. The summed E-state index contributed by atoms with van der Waals surface area (Å²) in [4.78, 5) is 23.2. The van der Waals surface area contributed by atoms with Crippen LogP contribution in [0.3, 0.4) is 0 Å². The lowest BCUT2D eigenvalue weighted by Crippen LogP contribution is -2.47. The van der Waals surface area contributed by atoms with Gasteiger partial charge >= 0.3 is 12.1 Å². The Labute approximate surface area is 141 Å². The number of hydrogen-bond donors (Lipinski definition) is 3. The molecule has 128 valence electrons. The van der Waals surface area contributed by atoms with Gasteiger partial charge in [0.05, 0.1) is 0 Å². The monoisotopic (exact) mass is 342 g/mol. The van der Waals surface area contributed by atoms with Crippen molar-refractivity contribution in [1.29, 1.82) is 0 Å². The van der Waals surface area contributed by atoms with Crippen molar-refractivity contribution < 1.29 is 19.4 Å². The zero-order chi connectivity index (χ0) is 18.0. The molecule has 0 aliphatic heterocycles. The summed E-state index contributed by atoms with van der Waals surface area (Å²) in [5, 5.41) is 12.2. The van der Waals surface area contributed by atoms with Gasteiger partial charge in [0.2, 0.25) is 0 Å². The van der Waals surface area contributed by atoms with E-state index in [1.807, 2.05) is 0 Å². The highest BCUT2D eigenvalue weighted by atomic mass is 35.5. The molecular weight excluding hydrogens is 320 g/mol. The van der Waals surface area contributed by atoms with E-state index < -0.39 is 29.1 Å². The molecule has 1 amide bonds. The van der Waals surface area contributed by atoms with Crippen LogP contribution >= 0.6 is 11.6 Å². The molecule has 0 spiro atoms. The fourth-order valence-corrected chi connectivity index (χ4v) is 2.24. The number of rotatable bonds is 4. The van der Waals surface area contributed by atoms with Gasteiger partial charge < -0.3 is 15.6 Å². The number of carbonyl (C=O) groups is 2. The lowest BCUT2D eigenvalue weighted by Gasteiger charge is -2.31. The number of aliphatic carboxylic acids is 1. The van der Waals surface area contributed by atoms with E-state index in [1.54, 1.807) is 46.8 Å². The van der Waals surface area contributed by atoms with Crippen molar-refractivity contribution in [3.05, 3.63) is 28.8 Å². The number of anilines is 1. The van der Waals surface area contributed by atoms with Crippen LogP contribution in [0.15, 0.2) is 18.2 Å². The van der Waals surface area contributed by atoms with Crippen LogP contribution in [0.5, 0.6) is 0 Å². The Morgan fingerprint density at radius 1 is 1.26 bits per heavy atom. The van der Waals surface area contributed by atoms with Crippen molar-refractivity contribution in [1.82, 2.24) is 0 Å². The summed E-state index contributed by atoms with van der Waals surface area (Å²) >= 11 is 5.99. The molecule has 0 heterocycles. The van der Waals surface area contributed by atoms with Gasteiger partial charge in [-0.1, -0.05) is 31.5 Å². The van der Waals surface area contributed by atoms with Crippen LogP contribution in [-0.2, 0) is 14.9 Å². The zero-order valence-corrected chi connectivity index (χ0v) is 14.7. The molecule has 4 N–H and O–H groups in total. The second kappa shape index (κ2) is 6.76. The minimum absolute atomic E-state index is 0.369. The van der Waals surface area contributed by atoms with E-state index in [0.717, 1.165) is 0 Å². The van der Waals surface area contributed by atoms with Gasteiger partial charge in [-0.2, -0.15) is 0 Å². The van der Waals surface area contributed by atoms with Crippen molar-refractivity contribution in [2.75, 3.05) is 5.32 Å². The topological polar surface area (TPSA) is 102 Å². The lowest BCUT2D eigenvalue weighted by molar-refractivity contribution is -0.140. The summed E-state index contributed by atoms with van der Waals surface area (Å²) in [7, 11) is 0. The molecular formula is C16H23ClN2O4. The number of ether oxygens (including phenoxy) is 1. The SMILES string of the molecule is CC(C)(C)OC(=O)Nc1cc(Cl)ccc1C(C)(C)C(N)C(=O)O. The predicted octanol–water partition coefficient (Wildman–Crippen LogP) is 3.38. The molecule has 6 nitrogen and oxygen atoms in total. The minimum Gasteiger partial charge on any atom is -0.480 e. The number of amides is 1. The quantitative estimate of drug-likeness (QED) is 0.778. The van der Waals surface area contributed by atoms with Crippen LogP contribution in [0.25, 0.3) is 0 Å². The summed E-state index contributed by atoms with van der Waals surface area (Å²) in [5.74, 6) is -1.13. The number of hydrogen-bond acceptors (Lipinski definition) is 4. The maximum absolute atomic E-state index is 12.0. The van der Waals surface area contributed by atoms with E-state index in [-0.39, 0.29) is 0 Å². The molecule has 0 saturated carbocycles. The average Bonchev–Trinajstić information content (AvgIpc) is 2.34. The summed E-state index contributed by atoms with van der Waals surface area (Å²) in [6, 6.07) is 3.66. The number of carbonyl (C=O) groups excluding carboxylic acids is 1. The van der Waals surface area contributed by atoms with Gasteiger partial charge in [0, 0.05) is 16.1 Å². The molecule has 1 rings (SSSR count). The first-order valence-electron chi connectivity index (χ1n) is 7.13. The Hall–Kier alpha value is -1.79. The number of nitrogens with one attached hydrogen (secondary N) is 1. The van der Waals surface area contributed by atoms with E-state index in [9.17, 15) is 14.7 Å². The largest absolute Gasteiger partial charge is 0.480 e. The maximum Gasteiger partial charge on any atom is 0.412 e. The Balaban J connectivity index is 3.21. The minimum atomic E-state index is -1.15. The van der Waals surface area contributed by atoms with Crippen LogP contribution in [0.4, 0.5) is 10.5 Å². The smallest absolute Gasteiger partial charge is 0.412 e. The fraction of sp³-hybridized carbons (Fsp3) is 0.500. The van der Waals surface area contributed by atoms with Crippen LogP contribution < -0.4 is 11.1 Å². The molecule has 1 unspecified atom stereocenters. The summed E-state index contributed by atoms with van der Waals surface area (Å²) < 4.78 is 5.22. The van der Waals surface area contributed by atoms with Crippen molar-refractivity contribution >= 4 is 29.4 Å². The van der Waals surface area contributed by atoms with Crippen molar-refractivity contribution in [3.63, 3.8) is 0 Å². The summed E-state index contributed by atoms with van der Waals surface area (Å²) in [6.45, 7) is 8.62. The van der Waals surface area contributed by atoms with Gasteiger partial charge in [0.25, 0.3) is 0 Å². The molecule has 0 aliphatic carbocycles. The normalized spacial score (nSPS) is 13.3. The predicted molar refractivity (Wildman–Crippen MR) is 89.9 cm³/mol. The number of halogens is 1. The first-order valence-corrected chi connectivity index (χ1v) is 7.51. The number of benzene rings is 1. The van der Waals surface area contributed by atoms with Crippen molar-refractivity contribution in [2.45, 2.75) is 51.7 Å². The van der Waals surface area contributed by atoms with Gasteiger partial charge in [-0.3, -0.25) is 10.1 Å². The Morgan fingerprint density at radius 2 is 1.83 bits per heavy atom. The van der Waals surface area contributed by atoms with E-state index >= 15 is 0 Å². The van der Waals surface area contributed by atoms with Crippen molar-refractivity contribution in [3.8, 4) is 0 Å². The number of carboxylic acid groups (broad SMARTS) is 1. The maximum atomic E-state index is 12.0. The van der Waals surface area contributed by atoms with E-state index in [0.29, 0.717) is 16.3 Å². The number of carboxylic acids is 1. The van der Waals surface area contributed by atoms with Gasteiger partial charge in [0.1, 0.15) is 11.6 Å². The highest BCUT2D eigenvalue weighted by Crippen LogP contribution is 2.34. The molecule has 0 aliphatic rings. The van der Waals surface area contributed by atoms with Gasteiger partial charge in [-0.15, -0.1) is 0 Å². The lowest BCUT2D eigenvalue weighted by atomic mass is 9.77. The molecule has 1 aromatic carbocycles. The third-order valence-electron chi connectivity index (χ3n) is 3.35. The summed E-state index contributed by atoms with van der Waals surface area (Å²) in [6.07, 6.45) is -0.652. The molecule has 1 atom stereocenters. The highest BCUT2D eigenvalue weighted by Gasteiger charge is 2.36. The Bertz CT molecular complexity index is 609. The molecule has 0 bridgehead atoms. The first kappa shape index (κ1) is 19.3. The molecule has 7 heteroatoms. The Kier molecular flexibility index (Phi) is 5.66. The molecule has 0 fully saturated rings. The van der Waals surface area contributed by atoms with Crippen LogP contribution in [-0.4, -0.2) is 28.8 Å². The first-order chi connectivity index (χ1) is 10.3. The van der Waals surface area contributed by atoms with Gasteiger partial charge in [-0.25, -0.2) is 4.79 Å². The van der Waals surface area contributed by atoms with Crippen LogP contribution in [0.2, 0.25) is 5.02 Å². The molecule has 1 aromatic rings.